The van der Waals surface area contributed by atoms with Crippen LogP contribution < -0.4 is 31.3 Å². The Balaban J connectivity index is 1.25. The van der Waals surface area contributed by atoms with E-state index in [-0.39, 0.29) is 39.2 Å². The van der Waals surface area contributed by atoms with Crippen LogP contribution in [0.4, 0.5) is 51.2 Å². The van der Waals surface area contributed by atoms with E-state index in [0.29, 0.717) is 5.92 Å². The number of nitrogens with zero attached hydrogens (tertiary/aromatic N) is 3. The minimum Gasteiger partial charge on any atom is -0.472 e. The van der Waals surface area contributed by atoms with E-state index in [1.807, 2.05) is 0 Å². The van der Waals surface area contributed by atoms with Gasteiger partial charge in [-0.15, -0.1) is 0 Å². The average Bonchev–Trinajstić information content (AvgIpc) is 3.77. The van der Waals surface area contributed by atoms with E-state index in [2.05, 4.69) is 240 Å². The number of hydrogen-bond acceptors (Lipinski definition) is 4. The topological polar surface area (TPSA) is 22.9 Å². The molecule has 2 aliphatic heterocycles. The van der Waals surface area contributed by atoms with Gasteiger partial charge in [-0.1, -0.05) is 157 Å². The number of benzene rings is 6. The van der Waals surface area contributed by atoms with Crippen molar-refractivity contribution in [1.82, 2.24) is 0 Å². The van der Waals surface area contributed by atoms with E-state index in [1.165, 1.54) is 108 Å². The molecule has 2 unspecified atom stereocenters. The van der Waals surface area contributed by atoms with Gasteiger partial charge in [0.15, 0.2) is 0 Å². The van der Waals surface area contributed by atoms with Gasteiger partial charge in [0.2, 0.25) is 0 Å². The van der Waals surface area contributed by atoms with Crippen molar-refractivity contribution in [1.29, 1.82) is 0 Å². The lowest BCUT2D eigenvalue weighted by Crippen LogP contribution is -2.61. The first-order valence-corrected chi connectivity index (χ1v) is 26.7. The molecule has 3 aliphatic carbocycles. The molecule has 3 heterocycles. The summed E-state index contributed by atoms with van der Waals surface area (Å²) in [7, 11) is 0. The summed E-state index contributed by atoms with van der Waals surface area (Å²) >= 11 is 0. The minimum atomic E-state index is -0.136. The highest BCUT2D eigenvalue weighted by Gasteiger charge is 2.63. The predicted octanol–water partition coefficient (Wildman–Crippen LogP) is 16.4. The molecule has 0 amide bonds. The largest absolute Gasteiger partial charge is 0.472 e. The van der Waals surface area contributed by atoms with Crippen molar-refractivity contribution < 1.29 is 4.42 Å². The summed E-state index contributed by atoms with van der Waals surface area (Å²) in [5.74, 6) is 1.81. The lowest BCUT2D eigenvalue weighted by atomic mass is 9.35. The fraction of sp³-hybridized carbons (Fsp3) is 0.394. The Kier molecular flexibility index (Phi) is 9.79. The zero-order valence-electron chi connectivity index (χ0n) is 45.3. The summed E-state index contributed by atoms with van der Waals surface area (Å²) in [5.41, 5.74) is 24.0. The van der Waals surface area contributed by atoms with Crippen LogP contribution in [-0.4, -0.2) is 6.71 Å². The first kappa shape index (κ1) is 46.2. The molecule has 0 N–H and O–H groups in total. The summed E-state index contributed by atoms with van der Waals surface area (Å²) in [6.45, 7) is 35.6. The van der Waals surface area contributed by atoms with Gasteiger partial charge in [0.25, 0.3) is 6.71 Å². The standard InChI is InChI=1S/C66H74BN3O/c1-40-20-16-18-22-51(40)69(52-23-19-17-21-41(52)2)47-36-54-57-55(37-47)70(46-29-30-48-49(35-46)64(11,12)33-32-63(48,9)10)58-56-59(65(13,14)38-44-39-66(44,56)15)71-60(58)67(57)50-34-43(62(6,7)8)26-31-53(50)68(54)45-27-24-42(25-28-45)61(3,4)5/h16-31,34-37,44H,32-33,38-39H2,1-15H3. The summed E-state index contributed by atoms with van der Waals surface area (Å²) in [6, 6.07) is 47.2. The van der Waals surface area contributed by atoms with Gasteiger partial charge in [0.1, 0.15) is 5.76 Å². The first-order chi connectivity index (χ1) is 33.4. The molecule has 362 valence electrons. The SMILES string of the molecule is Cc1ccccc1N(c1cc2c3c(c1)N(c1ccc4c(c1)C(C)(C)CCC4(C)C)c1c(oc4c1C1(C)CC1CC4(C)C)B3c1cc(C(C)(C)C)ccc1N2c1ccc(C(C)(C)C)cc1)c1ccccc1C. The van der Waals surface area contributed by atoms with Crippen molar-refractivity contribution in [2.45, 2.75) is 162 Å². The van der Waals surface area contributed by atoms with Crippen LogP contribution in [0.25, 0.3) is 0 Å². The van der Waals surface area contributed by atoms with Crippen molar-refractivity contribution in [3.8, 4) is 0 Å². The Labute approximate surface area is 425 Å². The Morgan fingerprint density at radius 1 is 0.563 bits per heavy atom. The van der Waals surface area contributed by atoms with Crippen molar-refractivity contribution in [2.75, 3.05) is 14.7 Å². The molecule has 12 rings (SSSR count). The molecule has 71 heavy (non-hydrogen) atoms. The highest BCUT2D eigenvalue weighted by atomic mass is 16.3. The Morgan fingerprint density at radius 2 is 1.13 bits per heavy atom. The second kappa shape index (κ2) is 15.1. The van der Waals surface area contributed by atoms with Crippen LogP contribution >= 0.6 is 0 Å². The molecule has 0 bridgehead atoms. The third kappa shape index (κ3) is 6.90. The Bertz CT molecular complexity index is 3290. The van der Waals surface area contributed by atoms with Crippen LogP contribution in [-0.2, 0) is 32.5 Å². The van der Waals surface area contributed by atoms with Gasteiger partial charge < -0.3 is 19.1 Å². The third-order valence-corrected chi connectivity index (χ3v) is 18.1. The normalized spacial score (nSPS) is 20.8. The molecule has 5 aliphatic rings. The number of para-hydroxylation sites is 2. The summed E-state index contributed by atoms with van der Waals surface area (Å²) in [4.78, 5) is 7.84. The molecule has 2 atom stereocenters. The lowest BCUT2D eigenvalue weighted by Gasteiger charge is -2.45. The van der Waals surface area contributed by atoms with Gasteiger partial charge in [-0.2, -0.15) is 0 Å². The lowest BCUT2D eigenvalue weighted by molar-refractivity contribution is 0.318. The van der Waals surface area contributed by atoms with Crippen molar-refractivity contribution in [2.24, 2.45) is 5.92 Å². The van der Waals surface area contributed by atoms with Crippen LogP contribution in [0.15, 0.2) is 126 Å². The predicted molar refractivity (Wildman–Crippen MR) is 303 cm³/mol. The van der Waals surface area contributed by atoms with Gasteiger partial charge in [-0.3, -0.25) is 0 Å². The second-order valence-corrected chi connectivity index (χ2v) is 26.7. The fourth-order valence-corrected chi connectivity index (χ4v) is 13.6. The van der Waals surface area contributed by atoms with E-state index < -0.39 is 0 Å². The fourth-order valence-electron chi connectivity index (χ4n) is 13.6. The van der Waals surface area contributed by atoms with Crippen LogP contribution in [0.2, 0.25) is 0 Å². The van der Waals surface area contributed by atoms with E-state index in [0.717, 1.165) is 29.9 Å². The van der Waals surface area contributed by atoms with Gasteiger partial charge in [-0.05, 0) is 166 Å². The maximum Gasteiger partial charge on any atom is 0.297 e. The molecule has 1 aromatic heterocycles. The maximum absolute atomic E-state index is 7.85. The van der Waals surface area contributed by atoms with E-state index in [4.69, 9.17) is 4.42 Å². The Morgan fingerprint density at radius 3 is 1.73 bits per heavy atom. The summed E-state index contributed by atoms with van der Waals surface area (Å²) < 4.78 is 7.85. The molecule has 0 spiro atoms. The monoisotopic (exact) mass is 936 g/mol. The summed E-state index contributed by atoms with van der Waals surface area (Å²) in [6.07, 6.45) is 4.66. The van der Waals surface area contributed by atoms with Crippen LogP contribution in [0.5, 0.6) is 0 Å². The molecule has 5 heteroatoms. The zero-order chi connectivity index (χ0) is 50.1. The number of furan rings is 1. The highest BCUT2D eigenvalue weighted by Crippen LogP contribution is 2.67. The van der Waals surface area contributed by atoms with E-state index in [9.17, 15) is 0 Å². The van der Waals surface area contributed by atoms with Gasteiger partial charge >= 0.3 is 0 Å². The van der Waals surface area contributed by atoms with E-state index in [1.54, 1.807) is 0 Å². The molecule has 0 saturated heterocycles. The van der Waals surface area contributed by atoms with Gasteiger partial charge in [0.05, 0.1) is 17.0 Å². The molecular weight excluding hydrogens is 862 g/mol. The summed E-state index contributed by atoms with van der Waals surface area (Å²) in [5, 5.41) is 0. The average molecular weight is 936 g/mol. The van der Waals surface area contributed by atoms with E-state index >= 15 is 0 Å². The van der Waals surface area contributed by atoms with Gasteiger partial charge in [0, 0.05) is 56.2 Å². The number of anilines is 9. The minimum absolute atomic E-state index is 0.0185. The quantitative estimate of drug-likeness (QED) is 0.160. The van der Waals surface area contributed by atoms with Gasteiger partial charge in [-0.25, -0.2) is 0 Å². The number of rotatable bonds is 5. The Hall–Kier alpha value is -5.94. The number of hydrogen-bond donors (Lipinski definition) is 0. The van der Waals surface area contributed by atoms with Crippen LogP contribution in [0, 0.1) is 19.8 Å². The van der Waals surface area contributed by atoms with Crippen molar-refractivity contribution in [3.63, 3.8) is 0 Å². The maximum atomic E-state index is 7.85. The smallest absolute Gasteiger partial charge is 0.297 e. The second-order valence-electron chi connectivity index (χ2n) is 26.7. The molecule has 0 radical (unpaired) electrons. The molecule has 1 fully saturated rings. The molecular formula is C66H74BN3O. The number of fused-ring (bicyclic) bond motifs is 9. The number of aryl methyl sites for hydroxylation is 2. The molecule has 6 aromatic carbocycles. The van der Waals surface area contributed by atoms with Crippen molar-refractivity contribution >= 4 is 74.5 Å². The molecule has 4 nitrogen and oxygen atoms in total. The van der Waals surface area contributed by atoms with Crippen molar-refractivity contribution in [3.05, 3.63) is 166 Å². The van der Waals surface area contributed by atoms with Crippen LogP contribution in [0.3, 0.4) is 0 Å². The highest BCUT2D eigenvalue weighted by molar-refractivity contribution is 6.99. The zero-order valence-corrected chi connectivity index (χ0v) is 45.3. The molecule has 7 aromatic rings. The van der Waals surface area contributed by atoms with Crippen LogP contribution in [0.1, 0.15) is 160 Å². The molecule has 1 saturated carbocycles. The first-order valence-electron chi connectivity index (χ1n) is 26.7. The third-order valence-electron chi connectivity index (χ3n) is 18.1.